The zero-order valence-electron chi connectivity index (χ0n) is 8.84. The lowest BCUT2D eigenvalue weighted by atomic mass is 10.2. The van der Waals surface area contributed by atoms with Gasteiger partial charge in [-0.25, -0.2) is 9.18 Å². The topological polar surface area (TPSA) is 97.5 Å². The summed E-state index contributed by atoms with van der Waals surface area (Å²) >= 11 is 0. The third-order valence-electron chi connectivity index (χ3n) is 2.12. The molecule has 0 aliphatic heterocycles. The van der Waals surface area contributed by atoms with Crippen LogP contribution in [0.4, 0.5) is 4.39 Å². The van der Waals surface area contributed by atoms with Crippen molar-refractivity contribution in [3.8, 4) is 0 Å². The minimum Gasteiger partial charge on any atom is -0.478 e. The predicted molar refractivity (Wildman–Crippen MR) is 58.4 cm³/mol. The first kappa shape index (κ1) is 13.3. The molecule has 1 amide bonds. The molecule has 0 saturated carbocycles. The molecule has 0 saturated heterocycles. The Bertz CT molecular complexity index is 503. The summed E-state index contributed by atoms with van der Waals surface area (Å²) in [6.45, 7) is 1.35. The minimum atomic E-state index is -1.80. The van der Waals surface area contributed by atoms with E-state index in [1.165, 1.54) is 6.92 Å². The number of benzene rings is 1. The Morgan fingerprint density at radius 1 is 1.47 bits per heavy atom. The van der Waals surface area contributed by atoms with Gasteiger partial charge in [-0.1, -0.05) is 0 Å². The molecule has 0 bridgehead atoms. The maximum Gasteiger partial charge on any atom is 0.338 e. The predicted octanol–water partition coefficient (Wildman–Crippen LogP) is 0.505. The number of halogens is 1. The van der Waals surface area contributed by atoms with Gasteiger partial charge in [0.2, 0.25) is 5.91 Å². The fourth-order valence-corrected chi connectivity index (χ4v) is 2.16. The van der Waals surface area contributed by atoms with Crippen molar-refractivity contribution in [2.75, 3.05) is 0 Å². The molecule has 92 valence electrons. The number of hydrogen-bond donors (Lipinski definition) is 2. The van der Waals surface area contributed by atoms with Crippen molar-refractivity contribution in [3.63, 3.8) is 0 Å². The van der Waals surface area contributed by atoms with Crippen LogP contribution in [-0.4, -0.2) is 26.4 Å². The van der Waals surface area contributed by atoms with Crippen LogP contribution in [0.1, 0.15) is 17.3 Å². The Morgan fingerprint density at radius 2 is 2.06 bits per heavy atom. The molecule has 7 heteroatoms. The molecular formula is C10H10FNO4S. The van der Waals surface area contributed by atoms with Crippen LogP contribution in [0.2, 0.25) is 0 Å². The highest BCUT2D eigenvalue weighted by Crippen LogP contribution is 2.16. The van der Waals surface area contributed by atoms with Crippen molar-refractivity contribution in [3.05, 3.63) is 29.6 Å². The largest absolute Gasteiger partial charge is 0.478 e. The molecule has 0 aromatic heterocycles. The van der Waals surface area contributed by atoms with Crippen LogP contribution in [0.15, 0.2) is 23.1 Å². The van der Waals surface area contributed by atoms with E-state index in [0.29, 0.717) is 0 Å². The second kappa shape index (κ2) is 5.05. The maximum atomic E-state index is 13.1. The molecule has 2 unspecified atom stereocenters. The summed E-state index contributed by atoms with van der Waals surface area (Å²) in [5.74, 6) is -3.16. The van der Waals surface area contributed by atoms with E-state index in [9.17, 15) is 18.2 Å². The van der Waals surface area contributed by atoms with Gasteiger partial charge in [0.15, 0.2) is 0 Å². The van der Waals surface area contributed by atoms with E-state index in [0.717, 1.165) is 18.2 Å². The SMILES string of the molecule is CC(C(N)=O)S(=O)c1ccc(F)c(C(=O)O)c1. The van der Waals surface area contributed by atoms with Gasteiger partial charge < -0.3 is 10.8 Å². The van der Waals surface area contributed by atoms with Crippen molar-refractivity contribution in [2.24, 2.45) is 5.73 Å². The quantitative estimate of drug-likeness (QED) is 0.823. The van der Waals surface area contributed by atoms with Crippen molar-refractivity contribution < 1.29 is 23.3 Å². The molecule has 1 aromatic carbocycles. The second-order valence-corrected chi connectivity index (χ2v) is 5.06. The molecule has 1 rings (SSSR count). The number of carboxylic acid groups (broad SMARTS) is 1. The average molecular weight is 259 g/mol. The minimum absolute atomic E-state index is 0.0510. The second-order valence-electron chi connectivity index (χ2n) is 3.29. The third-order valence-corrected chi connectivity index (χ3v) is 3.72. The summed E-state index contributed by atoms with van der Waals surface area (Å²) < 4.78 is 24.8. The summed E-state index contributed by atoms with van der Waals surface area (Å²) in [4.78, 5) is 21.6. The van der Waals surface area contributed by atoms with Gasteiger partial charge in [-0.15, -0.1) is 0 Å². The Hall–Kier alpha value is -1.76. The molecule has 0 fully saturated rings. The van der Waals surface area contributed by atoms with E-state index in [1.807, 2.05) is 0 Å². The third kappa shape index (κ3) is 2.88. The molecule has 2 atom stereocenters. The normalized spacial score (nSPS) is 14.0. The number of carbonyl (C=O) groups excluding carboxylic acids is 1. The zero-order valence-corrected chi connectivity index (χ0v) is 9.66. The molecule has 0 aliphatic carbocycles. The number of amides is 1. The van der Waals surface area contributed by atoms with Crippen LogP contribution in [-0.2, 0) is 15.6 Å². The number of hydrogen-bond acceptors (Lipinski definition) is 3. The summed E-state index contributed by atoms with van der Waals surface area (Å²) in [7, 11) is -1.80. The first-order valence-corrected chi connectivity index (χ1v) is 5.78. The zero-order chi connectivity index (χ0) is 13.2. The molecule has 0 spiro atoms. The number of carboxylic acids is 1. The molecule has 1 aromatic rings. The van der Waals surface area contributed by atoms with Crippen LogP contribution in [0, 0.1) is 5.82 Å². The highest BCUT2D eigenvalue weighted by atomic mass is 32.2. The fraction of sp³-hybridized carbons (Fsp3) is 0.200. The summed E-state index contributed by atoms with van der Waals surface area (Å²) in [6.07, 6.45) is 0. The van der Waals surface area contributed by atoms with Crippen LogP contribution in [0.3, 0.4) is 0 Å². The Kier molecular flexibility index (Phi) is 3.95. The first-order valence-electron chi connectivity index (χ1n) is 4.57. The first-order chi connectivity index (χ1) is 7.84. The number of carbonyl (C=O) groups is 2. The lowest BCUT2D eigenvalue weighted by Crippen LogP contribution is -2.29. The summed E-state index contributed by atoms with van der Waals surface area (Å²) in [5.41, 5.74) is 4.39. The molecule has 0 radical (unpaired) electrons. The molecule has 0 heterocycles. The van der Waals surface area contributed by atoms with Crippen molar-refractivity contribution >= 4 is 22.7 Å². The number of aromatic carboxylic acids is 1. The monoisotopic (exact) mass is 259 g/mol. The van der Waals surface area contributed by atoms with Gasteiger partial charge in [-0.2, -0.15) is 0 Å². The van der Waals surface area contributed by atoms with E-state index in [4.69, 9.17) is 10.8 Å². The van der Waals surface area contributed by atoms with E-state index in [2.05, 4.69) is 0 Å². The van der Waals surface area contributed by atoms with Gasteiger partial charge in [0.25, 0.3) is 0 Å². The van der Waals surface area contributed by atoms with Crippen molar-refractivity contribution in [1.29, 1.82) is 0 Å². The average Bonchev–Trinajstić information content (AvgIpc) is 2.27. The number of rotatable bonds is 4. The molecule has 3 N–H and O–H groups in total. The standard InChI is InChI=1S/C10H10FNO4S/c1-5(9(12)13)17(16)6-2-3-8(11)7(4-6)10(14)15/h2-5H,1H3,(H2,12,13)(H,14,15). The Balaban J connectivity index is 3.16. The van der Waals surface area contributed by atoms with Crippen LogP contribution in [0.5, 0.6) is 0 Å². The van der Waals surface area contributed by atoms with Gasteiger partial charge in [0.05, 0.1) is 16.4 Å². The molecule has 5 nitrogen and oxygen atoms in total. The van der Waals surface area contributed by atoms with Crippen LogP contribution in [0.25, 0.3) is 0 Å². The lowest BCUT2D eigenvalue weighted by Gasteiger charge is -2.08. The molecule has 0 aliphatic rings. The van der Waals surface area contributed by atoms with Gasteiger partial charge in [0.1, 0.15) is 11.1 Å². The van der Waals surface area contributed by atoms with Crippen LogP contribution >= 0.6 is 0 Å². The van der Waals surface area contributed by atoms with E-state index < -0.39 is 39.3 Å². The van der Waals surface area contributed by atoms with Crippen molar-refractivity contribution in [1.82, 2.24) is 0 Å². The van der Waals surface area contributed by atoms with Gasteiger partial charge in [-0.05, 0) is 25.1 Å². The maximum absolute atomic E-state index is 13.1. The van der Waals surface area contributed by atoms with Gasteiger partial charge >= 0.3 is 5.97 Å². The highest BCUT2D eigenvalue weighted by molar-refractivity contribution is 7.86. The van der Waals surface area contributed by atoms with Crippen molar-refractivity contribution in [2.45, 2.75) is 17.1 Å². The van der Waals surface area contributed by atoms with Crippen LogP contribution < -0.4 is 5.73 Å². The smallest absolute Gasteiger partial charge is 0.338 e. The summed E-state index contributed by atoms with van der Waals surface area (Å²) in [5, 5.41) is 7.72. The Morgan fingerprint density at radius 3 is 2.53 bits per heavy atom. The van der Waals surface area contributed by atoms with Gasteiger partial charge in [0, 0.05) is 4.90 Å². The number of nitrogens with two attached hydrogens (primary N) is 1. The summed E-state index contributed by atoms with van der Waals surface area (Å²) in [6, 6.07) is 2.99. The lowest BCUT2D eigenvalue weighted by molar-refractivity contribution is -0.117. The highest BCUT2D eigenvalue weighted by Gasteiger charge is 2.21. The van der Waals surface area contributed by atoms with E-state index in [-0.39, 0.29) is 4.90 Å². The van der Waals surface area contributed by atoms with Gasteiger partial charge in [-0.3, -0.25) is 9.00 Å². The molecular weight excluding hydrogens is 249 g/mol. The van der Waals surface area contributed by atoms with E-state index >= 15 is 0 Å². The number of primary amides is 1. The Labute approximate surface area is 98.9 Å². The fourth-order valence-electron chi connectivity index (χ4n) is 1.10. The molecule has 17 heavy (non-hydrogen) atoms. The van der Waals surface area contributed by atoms with E-state index in [1.54, 1.807) is 0 Å².